The third-order valence-corrected chi connectivity index (χ3v) is 3.81. The third kappa shape index (κ3) is 3.12. The number of nitrogens with zero attached hydrogens (tertiary/aromatic N) is 2. The number of carboxylic acid groups (broad SMARTS) is 1. The topological polar surface area (TPSA) is 85.5 Å². The number of carbonyl (C=O) groups is 1. The zero-order valence-corrected chi connectivity index (χ0v) is 12.2. The van der Waals surface area contributed by atoms with Gasteiger partial charge in [0, 0.05) is 13.5 Å². The molecule has 0 bridgehead atoms. The Hall–Kier alpha value is -1.43. The molecule has 0 saturated carbocycles. The second-order valence-electron chi connectivity index (χ2n) is 5.20. The first-order valence-corrected chi connectivity index (χ1v) is 6.43. The molecule has 0 fully saturated rings. The number of rotatable bonds is 7. The van der Waals surface area contributed by atoms with Crippen LogP contribution >= 0.6 is 0 Å². The Morgan fingerprint density at radius 3 is 2.37 bits per heavy atom. The maximum Gasteiger partial charge on any atom is 0.310 e. The molecule has 1 rings (SSSR count). The Morgan fingerprint density at radius 2 is 1.95 bits per heavy atom. The lowest BCUT2D eigenvalue weighted by atomic mass is 9.79. The average molecular weight is 270 g/mol. The molecule has 0 spiro atoms. The fourth-order valence-corrected chi connectivity index (χ4v) is 1.83. The molecule has 0 aliphatic rings. The standard InChI is InChI=1S/C13H22N2O4/c1-6-13(7-2,11(16)17)8-9-14-10(15-19-9)12(3,4)18-5/h6-8H2,1-5H3,(H,16,17). The molecule has 6 nitrogen and oxygen atoms in total. The SMILES string of the molecule is CCC(CC)(Cc1nc(C(C)(C)OC)no1)C(=O)O. The van der Waals surface area contributed by atoms with Crippen LogP contribution in [0.1, 0.15) is 52.3 Å². The van der Waals surface area contributed by atoms with E-state index in [2.05, 4.69) is 10.1 Å². The second kappa shape index (κ2) is 5.69. The van der Waals surface area contributed by atoms with Crippen LogP contribution in [0.3, 0.4) is 0 Å². The van der Waals surface area contributed by atoms with Gasteiger partial charge in [-0.1, -0.05) is 19.0 Å². The number of ether oxygens (including phenoxy) is 1. The minimum absolute atomic E-state index is 0.238. The van der Waals surface area contributed by atoms with Crippen molar-refractivity contribution < 1.29 is 19.2 Å². The van der Waals surface area contributed by atoms with Gasteiger partial charge >= 0.3 is 5.97 Å². The van der Waals surface area contributed by atoms with Crippen LogP contribution < -0.4 is 0 Å². The van der Waals surface area contributed by atoms with Crippen molar-refractivity contribution in [2.45, 2.75) is 52.6 Å². The molecule has 0 saturated heterocycles. The third-order valence-electron chi connectivity index (χ3n) is 3.81. The summed E-state index contributed by atoms with van der Waals surface area (Å²) in [5, 5.41) is 13.3. The molecule has 0 aliphatic heterocycles. The minimum Gasteiger partial charge on any atom is -0.481 e. The summed E-state index contributed by atoms with van der Waals surface area (Å²) in [6.45, 7) is 7.36. The maximum absolute atomic E-state index is 11.4. The van der Waals surface area contributed by atoms with E-state index in [1.165, 1.54) is 0 Å². The van der Waals surface area contributed by atoms with Crippen molar-refractivity contribution in [3.05, 3.63) is 11.7 Å². The predicted octanol–water partition coefficient (Wildman–Crippen LogP) is 2.38. The van der Waals surface area contributed by atoms with E-state index >= 15 is 0 Å². The van der Waals surface area contributed by atoms with Crippen molar-refractivity contribution >= 4 is 5.97 Å². The molecule has 0 radical (unpaired) electrons. The summed E-state index contributed by atoms with van der Waals surface area (Å²) < 4.78 is 10.4. The first-order valence-electron chi connectivity index (χ1n) is 6.43. The first-order chi connectivity index (χ1) is 8.81. The fraction of sp³-hybridized carbons (Fsp3) is 0.769. The Bertz CT molecular complexity index is 436. The van der Waals surface area contributed by atoms with Crippen molar-refractivity contribution in [3.63, 3.8) is 0 Å². The van der Waals surface area contributed by atoms with Gasteiger partial charge in [-0.15, -0.1) is 0 Å². The summed E-state index contributed by atoms with van der Waals surface area (Å²) >= 11 is 0. The van der Waals surface area contributed by atoms with Gasteiger partial charge in [0.2, 0.25) is 11.7 Å². The monoisotopic (exact) mass is 270 g/mol. The molecule has 0 aliphatic carbocycles. The van der Waals surface area contributed by atoms with Crippen LogP contribution in [0.5, 0.6) is 0 Å². The van der Waals surface area contributed by atoms with Gasteiger partial charge in [0.05, 0.1) is 5.41 Å². The van der Waals surface area contributed by atoms with Crippen LogP contribution in [0.25, 0.3) is 0 Å². The van der Waals surface area contributed by atoms with Crippen molar-refractivity contribution in [2.24, 2.45) is 5.41 Å². The van der Waals surface area contributed by atoms with E-state index < -0.39 is 17.0 Å². The molecule has 1 heterocycles. The van der Waals surface area contributed by atoms with E-state index in [9.17, 15) is 9.90 Å². The minimum atomic E-state index is -0.846. The summed E-state index contributed by atoms with van der Waals surface area (Å²) in [6.07, 6.45) is 1.27. The summed E-state index contributed by atoms with van der Waals surface area (Å²) in [5.41, 5.74) is -1.49. The Labute approximate surface area is 113 Å². The lowest BCUT2D eigenvalue weighted by Gasteiger charge is -2.24. The van der Waals surface area contributed by atoms with Crippen LogP contribution in [0.4, 0.5) is 0 Å². The highest BCUT2D eigenvalue weighted by atomic mass is 16.5. The van der Waals surface area contributed by atoms with Gasteiger partial charge in [0.15, 0.2) is 0 Å². The molecule has 1 N–H and O–H groups in total. The van der Waals surface area contributed by atoms with Crippen molar-refractivity contribution in [1.82, 2.24) is 10.1 Å². The van der Waals surface area contributed by atoms with E-state index in [0.29, 0.717) is 24.6 Å². The van der Waals surface area contributed by atoms with Crippen LogP contribution in [-0.4, -0.2) is 28.3 Å². The molecule has 0 amide bonds. The Kier molecular flexibility index (Phi) is 4.68. The van der Waals surface area contributed by atoms with E-state index in [1.807, 2.05) is 27.7 Å². The van der Waals surface area contributed by atoms with E-state index in [4.69, 9.17) is 9.26 Å². The fourth-order valence-electron chi connectivity index (χ4n) is 1.83. The van der Waals surface area contributed by atoms with Gasteiger partial charge in [0.1, 0.15) is 5.60 Å². The lowest BCUT2D eigenvalue weighted by molar-refractivity contribution is -0.149. The zero-order chi connectivity index (χ0) is 14.7. The molecular weight excluding hydrogens is 248 g/mol. The zero-order valence-electron chi connectivity index (χ0n) is 12.2. The van der Waals surface area contributed by atoms with Gasteiger partial charge in [0.25, 0.3) is 0 Å². The van der Waals surface area contributed by atoms with Gasteiger partial charge < -0.3 is 14.4 Å². The van der Waals surface area contributed by atoms with Crippen molar-refractivity contribution in [1.29, 1.82) is 0 Å². The first kappa shape index (κ1) is 15.6. The molecular formula is C13H22N2O4. The van der Waals surface area contributed by atoms with Crippen LogP contribution in [0.2, 0.25) is 0 Å². The Balaban J connectivity index is 2.97. The number of hydrogen-bond donors (Lipinski definition) is 1. The van der Waals surface area contributed by atoms with Crippen LogP contribution in [0.15, 0.2) is 4.52 Å². The largest absolute Gasteiger partial charge is 0.481 e. The average Bonchev–Trinajstić information content (AvgIpc) is 2.84. The molecule has 1 aromatic rings. The molecule has 108 valence electrons. The van der Waals surface area contributed by atoms with E-state index in [1.54, 1.807) is 7.11 Å². The number of methoxy groups -OCH3 is 1. The normalized spacial score (nSPS) is 12.7. The molecule has 19 heavy (non-hydrogen) atoms. The van der Waals surface area contributed by atoms with Gasteiger partial charge in [-0.3, -0.25) is 4.79 Å². The molecule has 1 aromatic heterocycles. The summed E-state index contributed by atoms with van der Waals surface area (Å²) in [4.78, 5) is 15.7. The summed E-state index contributed by atoms with van der Waals surface area (Å²) in [7, 11) is 1.57. The van der Waals surface area contributed by atoms with Crippen molar-refractivity contribution in [3.8, 4) is 0 Å². The number of hydrogen-bond acceptors (Lipinski definition) is 5. The van der Waals surface area contributed by atoms with Gasteiger partial charge in [-0.05, 0) is 26.7 Å². The molecule has 0 atom stereocenters. The number of aromatic nitrogens is 2. The van der Waals surface area contributed by atoms with E-state index in [0.717, 1.165) is 0 Å². The second-order valence-corrected chi connectivity index (χ2v) is 5.20. The van der Waals surface area contributed by atoms with Gasteiger partial charge in [-0.25, -0.2) is 0 Å². The highest BCUT2D eigenvalue weighted by Crippen LogP contribution is 2.31. The highest BCUT2D eigenvalue weighted by molar-refractivity contribution is 5.74. The van der Waals surface area contributed by atoms with Crippen molar-refractivity contribution in [2.75, 3.05) is 7.11 Å². The molecule has 6 heteroatoms. The van der Waals surface area contributed by atoms with Crippen LogP contribution in [-0.2, 0) is 21.6 Å². The maximum atomic E-state index is 11.4. The predicted molar refractivity (Wildman–Crippen MR) is 68.7 cm³/mol. The Morgan fingerprint density at radius 1 is 1.37 bits per heavy atom. The number of aliphatic carboxylic acids is 1. The lowest BCUT2D eigenvalue weighted by Crippen LogP contribution is -2.32. The molecule has 0 aromatic carbocycles. The number of carboxylic acids is 1. The molecule has 0 unspecified atom stereocenters. The smallest absolute Gasteiger partial charge is 0.310 e. The highest BCUT2D eigenvalue weighted by Gasteiger charge is 2.37. The quantitative estimate of drug-likeness (QED) is 0.818. The van der Waals surface area contributed by atoms with Gasteiger partial charge in [-0.2, -0.15) is 4.98 Å². The van der Waals surface area contributed by atoms with Crippen LogP contribution in [0, 0.1) is 5.41 Å². The summed E-state index contributed by atoms with van der Waals surface area (Å²) in [5.74, 6) is -0.0639. The van der Waals surface area contributed by atoms with E-state index in [-0.39, 0.29) is 6.42 Å². The summed E-state index contributed by atoms with van der Waals surface area (Å²) in [6, 6.07) is 0.